The summed E-state index contributed by atoms with van der Waals surface area (Å²) in [6.45, 7) is 4.38. The molecule has 2 aromatic rings. The third-order valence-electron chi connectivity index (χ3n) is 2.35. The number of nitrogens with one attached hydrogen (secondary N) is 1. The quantitative estimate of drug-likeness (QED) is 0.832. The van der Waals surface area contributed by atoms with Crippen molar-refractivity contribution in [1.29, 1.82) is 0 Å². The van der Waals surface area contributed by atoms with Crippen LogP contribution < -0.4 is 0 Å². The van der Waals surface area contributed by atoms with Crippen LogP contribution in [-0.4, -0.2) is 15.3 Å². The summed E-state index contributed by atoms with van der Waals surface area (Å²) < 4.78 is 0. The summed E-state index contributed by atoms with van der Waals surface area (Å²) in [6, 6.07) is 5.63. The van der Waals surface area contributed by atoms with Crippen LogP contribution in [0, 0.1) is 0 Å². The van der Waals surface area contributed by atoms with Crippen LogP contribution in [0.4, 0.5) is 0 Å². The number of aromatic amines is 1. The number of benzene rings is 1. The molecule has 1 aromatic carbocycles. The van der Waals surface area contributed by atoms with Gasteiger partial charge in [0, 0.05) is 17.3 Å². The number of hydrogen-bond acceptors (Lipinski definition) is 2. The van der Waals surface area contributed by atoms with Crippen LogP contribution in [0.15, 0.2) is 24.4 Å². The Hall–Kier alpha value is -1.09. The SMILES string of the molecule is CC(C)SCc1c[nH]c2c(O)cccc12. The second kappa shape index (κ2) is 4.19. The van der Waals surface area contributed by atoms with Crippen LogP contribution in [0.1, 0.15) is 19.4 Å². The molecule has 0 radical (unpaired) electrons. The number of phenolic OH excluding ortho intramolecular Hbond substituents is 1. The molecule has 0 bridgehead atoms. The predicted octanol–water partition coefficient (Wildman–Crippen LogP) is 3.52. The van der Waals surface area contributed by atoms with Crippen LogP contribution >= 0.6 is 11.8 Å². The van der Waals surface area contributed by atoms with Crippen molar-refractivity contribution in [2.24, 2.45) is 0 Å². The predicted molar refractivity (Wildman–Crippen MR) is 66.4 cm³/mol. The number of para-hydroxylation sites is 1. The lowest BCUT2D eigenvalue weighted by Crippen LogP contribution is -1.87. The summed E-state index contributed by atoms with van der Waals surface area (Å²) in [4.78, 5) is 3.12. The maximum atomic E-state index is 9.62. The second-order valence-electron chi connectivity index (χ2n) is 3.87. The first-order valence-corrected chi connectivity index (χ1v) is 6.13. The second-order valence-corrected chi connectivity index (χ2v) is 5.44. The molecule has 1 heterocycles. The Kier molecular flexibility index (Phi) is 2.91. The molecule has 0 saturated carbocycles. The summed E-state index contributed by atoms with van der Waals surface area (Å²) in [5, 5.41) is 11.4. The van der Waals surface area contributed by atoms with E-state index in [0.717, 1.165) is 16.7 Å². The molecule has 0 atom stereocenters. The summed E-state index contributed by atoms with van der Waals surface area (Å²) in [5.74, 6) is 1.31. The number of H-pyrrole nitrogens is 1. The zero-order chi connectivity index (χ0) is 10.8. The summed E-state index contributed by atoms with van der Waals surface area (Å²) in [7, 11) is 0. The van der Waals surface area contributed by atoms with Crippen molar-refractivity contribution in [3.8, 4) is 5.75 Å². The fourth-order valence-corrected chi connectivity index (χ4v) is 2.32. The van der Waals surface area contributed by atoms with Gasteiger partial charge in [0.15, 0.2) is 0 Å². The minimum absolute atomic E-state index is 0.327. The van der Waals surface area contributed by atoms with Crippen molar-refractivity contribution in [3.05, 3.63) is 30.0 Å². The van der Waals surface area contributed by atoms with Crippen molar-refractivity contribution < 1.29 is 5.11 Å². The van der Waals surface area contributed by atoms with Gasteiger partial charge in [-0.15, -0.1) is 0 Å². The fourth-order valence-electron chi connectivity index (χ4n) is 1.57. The zero-order valence-corrected chi connectivity index (χ0v) is 9.77. The molecule has 2 nitrogen and oxygen atoms in total. The molecule has 15 heavy (non-hydrogen) atoms. The molecule has 0 aliphatic carbocycles. The molecule has 0 unspecified atom stereocenters. The van der Waals surface area contributed by atoms with E-state index in [4.69, 9.17) is 0 Å². The van der Waals surface area contributed by atoms with Gasteiger partial charge < -0.3 is 10.1 Å². The molecular formula is C12H15NOS. The summed E-state index contributed by atoms with van der Waals surface area (Å²) >= 11 is 1.91. The van der Waals surface area contributed by atoms with E-state index in [1.807, 2.05) is 30.1 Å². The first-order chi connectivity index (χ1) is 7.18. The molecule has 80 valence electrons. The van der Waals surface area contributed by atoms with E-state index >= 15 is 0 Å². The maximum absolute atomic E-state index is 9.62. The third-order valence-corrected chi connectivity index (χ3v) is 3.50. The summed E-state index contributed by atoms with van der Waals surface area (Å²) in [6.07, 6.45) is 1.99. The molecule has 0 amide bonds. The van der Waals surface area contributed by atoms with E-state index in [1.165, 1.54) is 5.56 Å². The highest BCUT2D eigenvalue weighted by atomic mass is 32.2. The first kappa shape index (κ1) is 10.4. The van der Waals surface area contributed by atoms with Crippen molar-refractivity contribution >= 4 is 22.7 Å². The van der Waals surface area contributed by atoms with Gasteiger partial charge in [0.25, 0.3) is 0 Å². The van der Waals surface area contributed by atoms with Crippen molar-refractivity contribution in [1.82, 2.24) is 4.98 Å². The third kappa shape index (κ3) is 2.12. The normalized spacial score (nSPS) is 11.4. The Morgan fingerprint density at radius 2 is 2.20 bits per heavy atom. The fraction of sp³-hybridized carbons (Fsp3) is 0.333. The summed E-state index contributed by atoms with van der Waals surface area (Å²) in [5.41, 5.74) is 2.11. The smallest absolute Gasteiger partial charge is 0.139 e. The number of hydrogen-bond donors (Lipinski definition) is 2. The largest absolute Gasteiger partial charge is 0.506 e. The zero-order valence-electron chi connectivity index (χ0n) is 8.95. The minimum Gasteiger partial charge on any atom is -0.506 e. The van der Waals surface area contributed by atoms with Crippen LogP contribution in [0.2, 0.25) is 0 Å². The standard InChI is InChI=1S/C12H15NOS/c1-8(2)15-7-9-6-13-12-10(9)4-3-5-11(12)14/h3-6,8,13-14H,7H2,1-2H3. The molecule has 0 aliphatic heterocycles. The van der Waals surface area contributed by atoms with Gasteiger partial charge in [0.1, 0.15) is 5.75 Å². The molecule has 0 aliphatic rings. The Balaban J connectivity index is 2.33. The van der Waals surface area contributed by atoms with E-state index in [-0.39, 0.29) is 0 Å². The van der Waals surface area contributed by atoms with E-state index in [2.05, 4.69) is 18.8 Å². The van der Waals surface area contributed by atoms with Gasteiger partial charge in [-0.1, -0.05) is 26.0 Å². The van der Waals surface area contributed by atoms with Gasteiger partial charge >= 0.3 is 0 Å². The lowest BCUT2D eigenvalue weighted by atomic mass is 10.2. The highest BCUT2D eigenvalue weighted by Gasteiger charge is 2.06. The number of aromatic nitrogens is 1. The lowest BCUT2D eigenvalue weighted by molar-refractivity contribution is 0.480. The monoisotopic (exact) mass is 221 g/mol. The average Bonchev–Trinajstić information content (AvgIpc) is 2.59. The average molecular weight is 221 g/mol. The Morgan fingerprint density at radius 3 is 2.93 bits per heavy atom. The Labute approximate surface area is 93.7 Å². The van der Waals surface area contributed by atoms with Crippen LogP contribution in [0.3, 0.4) is 0 Å². The van der Waals surface area contributed by atoms with E-state index in [9.17, 15) is 5.11 Å². The molecule has 2 rings (SSSR count). The maximum Gasteiger partial charge on any atom is 0.139 e. The highest BCUT2D eigenvalue weighted by Crippen LogP contribution is 2.29. The van der Waals surface area contributed by atoms with E-state index in [1.54, 1.807) is 6.07 Å². The molecule has 0 saturated heterocycles. The topological polar surface area (TPSA) is 36.0 Å². The number of thioether (sulfide) groups is 1. The van der Waals surface area contributed by atoms with E-state index in [0.29, 0.717) is 11.0 Å². The highest BCUT2D eigenvalue weighted by molar-refractivity contribution is 7.99. The Morgan fingerprint density at radius 1 is 1.40 bits per heavy atom. The first-order valence-electron chi connectivity index (χ1n) is 5.08. The molecule has 2 N–H and O–H groups in total. The molecule has 1 aromatic heterocycles. The Bertz CT molecular complexity index is 462. The number of rotatable bonds is 3. The van der Waals surface area contributed by atoms with Gasteiger partial charge in [-0.25, -0.2) is 0 Å². The minimum atomic E-state index is 0.327. The van der Waals surface area contributed by atoms with Gasteiger partial charge in [-0.05, 0) is 16.9 Å². The molecular weight excluding hydrogens is 206 g/mol. The molecule has 0 spiro atoms. The number of fused-ring (bicyclic) bond motifs is 1. The lowest BCUT2D eigenvalue weighted by Gasteiger charge is -2.03. The van der Waals surface area contributed by atoms with Gasteiger partial charge in [-0.2, -0.15) is 11.8 Å². The van der Waals surface area contributed by atoms with Gasteiger partial charge in [0.2, 0.25) is 0 Å². The van der Waals surface area contributed by atoms with Crippen molar-refractivity contribution in [2.75, 3.05) is 0 Å². The van der Waals surface area contributed by atoms with Crippen LogP contribution in [-0.2, 0) is 5.75 Å². The van der Waals surface area contributed by atoms with Crippen LogP contribution in [0.25, 0.3) is 10.9 Å². The van der Waals surface area contributed by atoms with Gasteiger partial charge in [0.05, 0.1) is 5.52 Å². The molecule has 0 fully saturated rings. The van der Waals surface area contributed by atoms with Crippen LogP contribution in [0.5, 0.6) is 5.75 Å². The van der Waals surface area contributed by atoms with E-state index < -0.39 is 0 Å². The number of phenols is 1. The molecule has 3 heteroatoms. The van der Waals surface area contributed by atoms with Gasteiger partial charge in [-0.3, -0.25) is 0 Å². The van der Waals surface area contributed by atoms with Crippen molar-refractivity contribution in [2.45, 2.75) is 24.9 Å². The number of aromatic hydroxyl groups is 1. The van der Waals surface area contributed by atoms with Crippen molar-refractivity contribution in [3.63, 3.8) is 0 Å².